The molecule has 6 heteroatoms. The number of amides is 2. The van der Waals surface area contributed by atoms with E-state index in [9.17, 15) is 9.59 Å². The molecule has 3 aromatic rings. The molecule has 4 rings (SSSR count). The molecule has 1 aliphatic heterocycles. The van der Waals surface area contributed by atoms with Gasteiger partial charge in [0.05, 0.1) is 0 Å². The number of rotatable bonds is 4. The van der Waals surface area contributed by atoms with Gasteiger partial charge in [-0.15, -0.1) is 0 Å². The van der Waals surface area contributed by atoms with E-state index in [2.05, 4.69) is 32.7 Å². The van der Waals surface area contributed by atoms with Gasteiger partial charge in [-0.25, -0.2) is 4.98 Å². The number of carbonyl (C=O) groups is 2. The van der Waals surface area contributed by atoms with Crippen LogP contribution in [0.3, 0.4) is 0 Å². The van der Waals surface area contributed by atoms with Gasteiger partial charge in [0, 0.05) is 42.3 Å². The zero-order valence-electron chi connectivity index (χ0n) is 15.5. The second-order valence-electron chi connectivity index (χ2n) is 6.65. The van der Waals surface area contributed by atoms with Gasteiger partial charge in [0.15, 0.2) is 0 Å². The molecule has 0 saturated heterocycles. The molecular formula is C22H20N4O2. The molecule has 0 unspecified atom stereocenters. The standard InChI is InChI=1S/C22H20N4O2/c1-15(27)24-18-6-8-19(9-7-18)25-22(28)17-10-12-23-21(14-17)26-13-11-16-4-2-3-5-20(16)26/h2-10,12,14H,11,13H2,1H3,(H,24,27)(H,25,28). The van der Waals surface area contributed by atoms with Crippen LogP contribution < -0.4 is 15.5 Å². The zero-order valence-corrected chi connectivity index (χ0v) is 15.5. The number of anilines is 4. The van der Waals surface area contributed by atoms with Crippen LogP contribution in [0.4, 0.5) is 22.9 Å². The quantitative estimate of drug-likeness (QED) is 0.726. The van der Waals surface area contributed by atoms with Gasteiger partial charge in [-0.2, -0.15) is 0 Å². The first-order valence-corrected chi connectivity index (χ1v) is 9.11. The Morgan fingerprint density at radius 1 is 0.964 bits per heavy atom. The van der Waals surface area contributed by atoms with Crippen molar-refractivity contribution >= 4 is 34.7 Å². The normalized spacial score (nSPS) is 12.4. The van der Waals surface area contributed by atoms with Crippen molar-refractivity contribution in [2.75, 3.05) is 22.1 Å². The predicted octanol–water partition coefficient (Wildman–Crippen LogP) is 3.99. The number of hydrogen-bond acceptors (Lipinski definition) is 4. The maximum absolute atomic E-state index is 12.7. The lowest BCUT2D eigenvalue weighted by Crippen LogP contribution is -2.17. The van der Waals surface area contributed by atoms with Crippen molar-refractivity contribution in [3.05, 3.63) is 78.0 Å². The van der Waals surface area contributed by atoms with Gasteiger partial charge in [0.2, 0.25) is 5.91 Å². The molecule has 0 fully saturated rings. The number of nitrogens with one attached hydrogen (secondary N) is 2. The fourth-order valence-electron chi connectivity index (χ4n) is 3.33. The maximum atomic E-state index is 12.7. The molecule has 0 radical (unpaired) electrons. The molecule has 2 aromatic carbocycles. The molecule has 0 spiro atoms. The van der Waals surface area contributed by atoms with Gasteiger partial charge in [0.1, 0.15) is 5.82 Å². The molecule has 6 nitrogen and oxygen atoms in total. The number of carbonyl (C=O) groups excluding carboxylic acids is 2. The number of aromatic nitrogens is 1. The third kappa shape index (κ3) is 3.71. The lowest BCUT2D eigenvalue weighted by Gasteiger charge is -2.18. The summed E-state index contributed by atoms with van der Waals surface area (Å²) in [6.45, 7) is 2.30. The monoisotopic (exact) mass is 372 g/mol. The maximum Gasteiger partial charge on any atom is 0.255 e. The molecule has 2 N–H and O–H groups in total. The highest BCUT2D eigenvalue weighted by atomic mass is 16.2. The molecule has 0 bridgehead atoms. The number of nitrogens with zero attached hydrogens (tertiary/aromatic N) is 2. The molecule has 140 valence electrons. The molecule has 0 atom stereocenters. The van der Waals surface area contributed by atoms with Crippen LogP contribution in [0.5, 0.6) is 0 Å². The van der Waals surface area contributed by atoms with Crippen LogP contribution in [-0.2, 0) is 11.2 Å². The Hall–Kier alpha value is -3.67. The van der Waals surface area contributed by atoms with Crippen molar-refractivity contribution in [2.24, 2.45) is 0 Å². The second kappa shape index (κ2) is 7.52. The first kappa shape index (κ1) is 17.7. The average molecular weight is 372 g/mol. The van der Waals surface area contributed by atoms with E-state index in [1.165, 1.54) is 12.5 Å². The predicted molar refractivity (Wildman–Crippen MR) is 110 cm³/mol. The van der Waals surface area contributed by atoms with Crippen LogP contribution in [-0.4, -0.2) is 23.3 Å². The van der Waals surface area contributed by atoms with E-state index in [4.69, 9.17) is 0 Å². The van der Waals surface area contributed by atoms with E-state index in [1.807, 2.05) is 18.2 Å². The summed E-state index contributed by atoms with van der Waals surface area (Å²) in [6, 6.07) is 18.8. The van der Waals surface area contributed by atoms with Crippen molar-refractivity contribution in [2.45, 2.75) is 13.3 Å². The van der Waals surface area contributed by atoms with Crippen molar-refractivity contribution in [1.29, 1.82) is 0 Å². The summed E-state index contributed by atoms with van der Waals surface area (Å²) in [7, 11) is 0. The van der Waals surface area contributed by atoms with Crippen LogP contribution in [0.2, 0.25) is 0 Å². The Morgan fingerprint density at radius 3 is 2.43 bits per heavy atom. The highest BCUT2D eigenvalue weighted by Gasteiger charge is 2.21. The molecule has 28 heavy (non-hydrogen) atoms. The van der Waals surface area contributed by atoms with Crippen molar-refractivity contribution in [3.63, 3.8) is 0 Å². The van der Waals surface area contributed by atoms with Gasteiger partial charge < -0.3 is 15.5 Å². The molecular weight excluding hydrogens is 352 g/mol. The number of hydrogen-bond donors (Lipinski definition) is 2. The number of benzene rings is 2. The summed E-state index contributed by atoms with van der Waals surface area (Å²) < 4.78 is 0. The van der Waals surface area contributed by atoms with Crippen LogP contribution in [0, 0.1) is 0 Å². The van der Waals surface area contributed by atoms with Gasteiger partial charge in [-0.3, -0.25) is 9.59 Å². The molecule has 1 aromatic heterocycles. The minimum absolute atomic E-state index is 0.135. The minimum Gasteiger partial charge on any atom is -0.326 e. The zero-order chi connectivity index (χ0) is 19.5. The van der Waals surface area contributed by atoms with E-state index in [1.54, 1.807) is 36.5 Å². The van der Waals surface area contributed by atoms with E-state index in [0.717, 1.165) is 24.5 Å². The lowest BCUT2D eigenvalue weighted by molar-refractivity contribution is -0.114. The highest BCUT2D eigenvalue weighted by Crippen LogP contribution is 2.33. The van der Waals surface area contributed by atoms with Crippen LogP contribution >= 0.6 is 0 Å². The van der Waals surface area contributed by atoms with Gasteiger partial charge in [-0.05, 0) is 54.4 Å². The summed E-state index contributed by atoms with van der Waals surface area (Å²) in [5, 5.41) is 5.58. The second-order valence-corrected chi connectivity index (χ2v) is 6.65. The molecule has 2 amide bonds. The fourth-order valence-corrected chi connectivity index (χ4v) is 3.33. The van der Waals surface area contributed by atoms with Crippen LogP contribution in [0.1, 0.15) is 22.8 Å². The van der Waals surface area contributed by atoms with Gasteiger partial charge >= 0.3 is 0 Å². The van der Waals surface area contributed by atoms with Gasteiger partial charge in [0.25, 0.3) is 5.91 Å². The first-order valence-electron chi connectivity index (χ1n) is 9.11. The molecule has 0 aliphatic carbocycles. The Morgan fingerprint density at radius 2 is 1.68 bits per heavy atom. The number of fused-ring (bicyclic) bond motifs is 1. The first-order chi connectivity index (χ1) is 13.6. The number of para-hydroxylation sites is 1. The van der Waals surface area contributed by atoms with E-state index in [0.29, 0.717) is 16.9 Å². The van der Waals surface area contributed by atoms with Crippen LogP contribution in [0.15, 0.2) is 66.9 Å². The molecule has 2 heterocycles. The van der Waals surface area contributed by atoms with Crippen molar-refractivity contribution in [3.8, 4) is 0 Å². The van der Waals surface area contributed by atoms with E-state index >= 15 is 0 Å². The van der Waals surface area contributed by atoms with Crippen molar-refractivity contribution < 1.29 is 9.59 Å². The Labute approximate surface area is 163 Å². The third-order valence-corrected chi connectivity index (χ3v) is 4.63. The summed E-state index contributed by atoms with van der Waals surface area (Å²) in [4.78, 5) is 30.3. The fraction of sp³-hybridized carbons (Fsp3) is 0.136. The summed E-state index contributed by atoms with van der Waals surface area (Å²) in [6.07, 6.45) is 2.62. The van der Waals surface area contributed by atoms with Gasteiger partial charge in [-0.1, -0.05) is 18.2 Å². The Bertz CT molecular complexity index is 1030. The van der Waals surface area contributed by atoms with Crippen LogP contribution in [0.25, 0.3) is 0 Å². The van der Waals surface area contributed by atoms with Crippen molar-refractivity contribution in [1.82, 2.24) is 4.98 Å². The topological polar surface area (TPSA) is 74.3 Å². The van der Waals surface area contributed by atoms with E-state index < -0.39 is 0 Å². The minimum atomic E-state index is -0.205. The summed E-state index contributed by atoms with van der Waals surface area (Å²) in [5.41, 5.74) is 4.31. The highest BCUT2D eigenvalue weighted by molar-refractivity contribution is 6.05. The summed E-state index contributed by atoms with van der Waals surface area (Å²) >= 11 is 0. The number of pyridine rings is 1. The largest absolute Gasteiger partial charge is 0.326 e. The van der Waals surface area contributed by atoms with E-state index in [-0.39, 0.29) is 11.8 Å². The smallest absolute Gasteiger partial charge is 0.255 e. The Balaban J connectivity index is 1.50. The average Bonchev–Trinajstić information content (AvgIpc) is 3.13. The lowest BCUT2D eigenvalue weighted by atomic mass is 10.2. The molecule has 1 aliphatic rings. The molecule has 0 saturated carbocycles. The third-order valence-electron chi connectivity index (χ3n) is 4.63. The Kier molecular flexibility index (Phi) is 4.76. The SMILES string of the molecule is CC(=O)Nc1ccc(NC(=O)c2ccnc(N3CCc4ccccc43)c2)cc1. The summed E-state index contributed by atoms with van der Waals surface area (Å²) in [5.74, 6) is 0.423.